The number of hydrogen-bond acceptors (Lipinski definition) is 0. The highest BCUT2D eigenvalue weighted by molar-refractivity contribution is 5.16. The molecule has 10 heteroatoms. The van der Waals surface area contributed by atoms with Gasteiger partial charge < -0.3 is 0 Å². The second kappa shape index (κ2) is 4.40. The molecular weight excluding hydrogens is 310 g/mol. The molecule has 1 atom stereocenters. The normalized spacial score (nSPS) is 18.9. The van der Waals surface area contributed by atoms with E-state index in [-0.39, 0.29) is 20.8 Å². The topological polar surface area (TPSA) is 0 Å². The van der Waals surface area contributed by atoms with Crippen molar-refractivity contribution in [1.29, 1.82) is 0 Å². The fourth-order valence-electron chi connectivity index (χ4n) is 1.64. The predicted octanol–water partition coefficient (Wildman–Crippen LogP) is 5.23. The zero-order valence-corrected chi connectivity index (χ0v) is 10.8. The molecule has 0 fully saturated rings. The molecule has 0 aliphatic carbocycles. The Hall–Kier alpha value is -0.700. The SMILES string of the molecule is CC(C)(C)C(F)(C(F)(F)C(C)(F)F)C(F)(F)C(F)(F)F. The number of halogens is 10. The first-order valence-electron chi connectivity index (χ1n) is 5.14. The van der Waals surface area contributed by atoms with Gasteiger partial charge in [-0.1, -0.05) is 20.8 Å². The standard InChI is InChI=1S/C10H12F10/c1-5(2,3)7(13,8(14,15)6(4,11)12)9(16,17)10(18,19)20/h1-4H3. The van der Waals surface area contributed by atoms with E-state index in [1.54, 1.807) is 0 Å². The molecule has 0 aromatic heterocycles. The summed E-state index contributed by atoms with van der Waals surface area (Å²) in [7, 11) is 0. The van der Waals surface area contributed by atoms with Crippen LogP contribution in [0.15, 0.2) is 0 Å². The molecule has 0 rings (SSSR count). The van der Waals surface area contributed by atoms with Crippen LogP contribution in [0.1, 0.15) is 27.7 Å². The van der Waals surface area contributed by atoms with E-state index >= 15 is 0 Å². The van der Waals surface area contributed by atoms with Crippen LogP contribution >= 0.6 is 0 Å². The summed E-state index contributed by atoms with van der Waals surface area (Å²) in [5.41, 5.74) is -8.97. The lowest BCUT2D eigenvalue weighted by Crippen LogP contribution is -2.73. The van der Waals surface area contributed by atoms with Gasteiger partial charge in [-0.05, 0) is 0 Å². The molecule has 1 unspecified atom stereocenters. The smallest absolute Gasteiger partial charge is 0.229 e. The molecule has 122 valence electrons. The quantitative estimate of drug-likeness (QED) is 0.624. The Morgan fingerprint density at radius 1 is 0.500 bits per heavy atom. The minimum absolute atomic E-state index is 0.256. The van der Waals surface area contributed by atoms with Crippen LogP contribution in [-0.2, 0) is 0 Å². The summed E-state index contributed by atoms with van der Waals surface area (Å²) >= 11 is 0. The van der Waals surface area contributed by atoms with Crippen molar-refractivity contribution in [3.8, 4) is 0 Å². The second-order valence-electron chi connectivity index (χ2n) is 5.44. The molecule has 0 aromatic carbocycles. The minimum Gasteiger partial charge on any atom is -0.229 e. The van der Waals surface area contributed by atoms with Gasteiger partial charge in [-0.15, -0.1) is 0 Å². The Labute approximate surface area is 108 Å². The first-order valence-corrected chi connectivity index (χ1v) is 5.14. The average Bonchev–Trinajstić information content (AvgIpc) is 2.10. The van der Waals surface area contributed by atoms with Crippen molar-refractivity contribution >= 4 is 0 Å². The van der Waals surface area contributed by atoms with Crippen LogP contribution in [0.3, 0.4) is 0 Å². The van der Waals surface area contributed by atoms with Gasteiger partial charge in [0.2, 0.25) is 0 Å². The maximum Gasteiger partial charge on any atom is 0.457 e. The molecule has 0 radical (unpaired) electrons. The van der Waals surface area contributed by atoms with Gasteiger partial charge in [0, 0.05) is 12.3 Å². The largest absolute Gasteiger partial charge is 0.457 e. The maximum absolute atomic E-state index is 14.1. The van der Waals surface area contributed by atoms with Crippen molar-refractivity contribution in [3.05, 3.63) is 0 Å². The highest BCUT2D eigenvalue weighted by Gasteiger charge is 2.87. The van der Waals surface area contributed by atoms with Gasteiger partial charge in [-0.3, -0.25) is 0 Å². The zero-order valence-electron chi connectivity index (χ0n) is 10.8. The predicted molar refractivity (Wildman–Crippen MR) is 49.9 cm³/mol. The highest BCUT2D eigenvalue weighted by atomic mass is 19.4. The summed E-state index contributed by atoms with van der Waals surface area (Å²) in [6.45, 7) is 0.143. The zero-order chi connectivity index (χ0) is 17.0. The molecule has 0 heterocycles. The Bertz CT molecular complexity index is 328. The van der Waals surface area contributed by atoms with Crippen LogP contribution < -0.4 is 0 Å². The first kappa shape index (κ1) is 19.3. The second-order valence-corrected chi connectivity index (χ2v) is 5.44. The van der Waals surface area contributed by atoms with Gasteiger partial charge in [-0.25, -0.2) is 13.2 Å². The van der Waals surface area contributed by atoms with Crippen molar-refractivity contribution in [2.75, 3.05) is 0 Å². The third-order valence-electron chi connectivity index (χ3n) is 2.81. The molecule has 0 N–H and O–H groups in total. The van der Waals surface area contributed by atoms with E-state index in [9.17, 15) is 43.9 Å². The highest BCUT2D eigenvalue weighted by Crippen LogP contribution is 2.62. The Kier molecular flexibility index (Phi) is 4.24. The van der Waals surface area contributed by atoms with Crippen LogP contribution in [0.25, 0.3) is 0 Å². The average molecular weight is 322 g/mol. The van der Waals surface area contributed by atoms with Crippen LogP contribution in [0.4, 0.5) is 43.9 Å². The summed E-state index contributed by atoms with van der Waals surface area (Å²) in [5.74, 6) is -18.4. The van der Waals surface area contributed by atoms with Gasteiger partial charge in [0.15, 0.2) is 0 Å². The van der Waals surface area contributed by atoms with E-state index < -0.39 is 42.0 Å². The lowest BCUT2D eigenvalue weighted by atomic mass is 9.68. The molecule has 0 aromatic rings. The summed E-state index contributed by atoms with van der Waals surface area (Å²) in [6, 6.07) is 0. The fourth-order valence-corrected chi connectivity index (χ4v) is 1.64. The molecule has 0 saturated carbocycles. The van der Waals surface area contributed by atoms with Crippen molar-refractivity contribution in [3.63, 3.8) is 0 Å². The van der Waals surface area contributed by atoms with Crippen molar-refractivity contribution in [1.82, 2.24) is 0 Å². The molecule has 0 nitrogen and oxygen atoms in total. The van der Waals surface area contributed by atoms with E-state index in [0.717, 1.165) is 0 Å². The molecule has 0 saturated heterocycles. The monoisotopic (exact) mass is 322 g/mol. The van der Waals surface area contributed by atoms with Crippen molar-refractivity contribution in [2.45, 2.75) is 57.3 Å². The lowest BCUT2D eigenvalue weighted by molar-refractivity contribution is -0.406. The van der Waals surface area contributed by atoms with Gasteiger partial charge in [0.1, 0.15) is 0 Å². The van der Waals surface area contributed by atoms with Crippen LogP contribution in [0, 0.1) is 5.41 Å². The van der Waals surface area contributed by atoms with Gasteiger partial charge in [-0.2, -0.15) is 30.7 Å². The molecular formula is C10H12F10. The van der Waals surface area contributed by atoms with Crippen molar-refractivity contribution in [2.24, 2.45) is 5.41 Å². The van der Waals surface area contributed by atoms with E-state index in [1.165, 1.54) is 0 Å². The van der Waals surface area contributed by atoms with Crippen LogP contribution in [-0.4, -0.2) is 29.6 Å². The molecule has 0 amide bonds. The van der Waals surface area contributed by atoms with Gasteiger partial charge >= 0.3 is 23.9 Å². The molecule has 0 spiro atoms. The van der Waals surface area contributed by atoms with E-state index in [2.05, 4.69) is 0 Å². The first-order chi connectivity index (χ1) is 8.25. The number of alkyl halides is 10. The lowest BCUT2D eigenvalue weighted by Gasteiger charge is -2.48. The Balaban J connectivity index is 6.50. The van der Waals surface area contributed by atoms with Gasteiger partial charge in [0.25, 0.3) is 5.67 Å². The van der Waals surface area contributed by atoms with E-state index in [4.69, 9.17) is 0 Å². The summed E-state index contributed by atoms with van der Waals surface area (Å²) < 4.78 is 129. The van der Waals surface area contributed by atoms with Crippen molar-refractivity contribution < 1.29 is 43.9 Å². The molecule has 20 heavy (non-hydrogen) atoms. The Morgan fingerprint density at radius 2 is 0.800 bits per heavy atom. The van der Waals surface area contributed by atoms with Crippen LogP contribution in [0.5, 0.6) is 0 Å². The summed E-state index contributed by atoms with van der Waals surface area (Å²) in [5, 5.41) is 0. The van der Waals surface area contributed by atoms with Crippen LogP contribution in [0.2, 0.25) is 0 Å². The minimum atomic E-state index is -6.76. The third kappa shape index (κ3) is 2.34. The molecule has 0 bridgehead atoms. The third-order valence-corrected chi connectivity index (χ3v) is 2.81. The van der Waals surface area contributed by atoms with Gasteiger partial charge in [0.05, 0.1) is 0 Å². The fraction of sp³-hybridized carbons (Fsp3) is 1.00. The molecule has 0 aliphatic heterocycles. The number of hydrogen-bond donors (Lipinski definition) is 0. The summed E-state index contributed by atoms with van der Waals surface area (Å²) in [6.07, 6.45) is -6.76. The summed E-state index contributed by atoms with van der Waals surface area (Å²) in [4.78, 5) is 0. The molecule has 0 aliphatic rings. The Morgan fingerprint density at radius 3 is 0.950 bits per heavy atom. The number of rotatable bonds is 3. The van der Waals surface area contributed by atoms with E-state index in [0.29, 0.717) is 0 Å². The van der Waals surface area contributed by atoms with E-state index in [1.807, 2.05) is 0 Å². The maximum atomic E-state index is 14.1.